The summed E-state index contributed by atoms with van der Waals surface area (Å²) in [4.78, 5) is 14.1. The molecule has 0 saturated carbocycles. The van der Waals surface area contributed by atoms with Crippen LogP contribution in [-0.4, -0.2) is 9.91 Å². The molecule has 2 aromatic rings. The molecule has 70 valence electrons. The van der Waals surface area contributed by atoms with Gasteiger partial charge in [0.05, 0.1) is 4.92 Å². The molecule has 0 radical (unpaired) electrons. The maximum Gasteiger partial charge on any atom is 0.270 e. The van der Waals surface area contributed by atoms with Crippen molar-refractivity contribution < 1.29 is 4.92 Å². The number of nitro benzene ring substituents is 1. The van der Waals surface area contributed by atoms with Crippen LogP contribution in [-0.2, 0) is 0 Å². The summed E-state index contributed by atoms with van der Waals surface area (Å²) in [5, 5.41) is 12.3. The number of benzene rings is 1. The van der Waals surface area contributed by atoms with Gasteiger partial charge in [-0.25, -0.2) is 0 Å². The predicted molar refractivity (Wildman–Crippen MR) is 61.1 cm³/mol. The minimum absolute atomic E-state index is 0.0984. The van der Waals surface area contributed by atoms with Gasteiger partial charge in [0.2, 0.25) is 0 Å². The molecule has 2 rings (SSSR count). The van der Waals surface area contributed by atoms with Crippen LogP contribution in [0.15, 0.2) is 30.6 Å². The maximum atomic E-state index is 10.5. The lowest BCUT2D eigenvalue weighted by Crippen LogP contribution is -1.88. The van der Waals surface area contributed by atoms with Crippen molar-refractivity contribution in [3.63, 3.8) is 0 Å². The average molecular weight is 300 g/mol. The molecule has 0 atom stereocenters. The number of hydrogen-bond donors (Lipinski definition) is 0. The van der Waals surface area contributed by atoms with E-state index in [-0.39, 0.29) is 5.69 Å². The minimum Gasteiger partial charge on any atom is -0.263 e. The van der Waals surface area contributed by atoms with Gasteiger partial charge in [-0.05, 0) is 34.0 Å². The third-order valence-electron chi connectivity index (χ3n) is 1.90. The first kappa shape index (κ1) is 9.32. The van der Waals surface area contributed by atoms with Crippen LogP contribution in [0.5, 0.6) is 0 Å². The van der Waals surface area contributed by atoms with Crippen LogP contribution in [0.4, 0.5) is 5.69 Å². The first-order chi connectivity index (χ1) is 6.68. The summed E-state index contributed by atoms with van der Waals surface area (Å²) in [5.41, 5.74) is 0.0984. The lowest BCUT2D eigenvalue weighted by Gasteiger charge is -1.98. The average Bonchev–Trinajstić information content (AvgIpc) is 2.17. The van der Waals surface area contributed by atoms with Crippen LogP contribution in [0.2, 0.25) is 0 Å². The van der Waals surface area contributed by atoms with Crippen molar-refractivity contribution in [1.29, 1.82) is 0 Å². The van der Waals surface area contributed by atoms with E-state index in [2.05, 4.69) is 27.6 Å². The third kappa shape index (κ3) is 1.54. The second-order valence-electron chi connectivity index (χ2n) is 2.78. The summed E-state index contributed by atoms with van der Waals surface area (Å²) in [5.74, 6) is 0. The molecule has 4 nitrogen and oxygen atoms in total. The second-order valence-corrected chi connectivity index (χ2v) is 3.95. The highest BCUT2D eigenvalue weighted by Crippen LogP contribution is 2.23. The van der Waals surface area contributed by atoms with Crippen molar-refractivity contribution in [3.05, 3.63) is 44.3 Å². The molecule has 0 spiro atoms. The molecule has 0 fully saturated rings. The predicted octanol–water partition coefficient (Wildman–Crippen LogP) is 2.75. The van der Waals surface area contributed by atoms with Crippen LogP contribution < -0.4 is 0 Å². The van der Waals surface area contributed by atoms with Gasteiger partial charge in [-0.2, -0.15) is 0 Å². The highest BCUT2D eigenvalue weighted by Gasteiger charge is 2.07. The normalized spacial score (nSPS) is 10.4. The van der Waals surface area contributed by atoms with Gasteiger partial charge in [-0.3, -0.25) is 15.1 Å². The molecule has 0 unspecified atom stereocenters. The molecular formula is C9H5IN2O2. The summed E-state index contributed by atoms with van der Waals surface area (Å²) in [7, 11) is 0. The summed E-state index contributed by atoms with van der Waals surface area (Å²) >= 11 is 2.15. The molecule has 1 aromatic carbocycles. The zero-order valence-electron chi connectivity index (χ0n) is 6.98. The summed E-state index contributed by atoms with van der Waals surface area (Å²) in [6.07, 6.45) is 3.36. The summed E-state index contributed by atoms with van der Waals surface area (Å²) < 4.78 is 0.995. The largest absolute Gasteiger partial charge is 0.270 e. The minimum atomic E-state index is -0.403. The monoisotopic (exact) mass is 300 g/mol. The molecule has 1 aromatic heterocycles. The van der Waals surface area contributed by atoms with Crippen LogP contribution in [0.3, 0.4) is 0 Å². The molecule has 0 aliphatic rings. The molecule has 0 amide bonds. The number of rotatable bonds is 1. The Morgan fingerprint density at radius 2 is 2.14 bits per heavy atom. The van der Waals surface area contributed by atoms with E-state index in [9.17, 15) is 10.1 Å². The molecular weight excluding hydrogens is 295 g/mol. The Morgan fingerprint density at radius 1 is 1.36 bits per heavy atom. The zero-order valence-corrected chi connectivity index (χ0v) is 9.13. The Hall–Kier alpha value is -1.24. The van der Waals surface area contributed by atoms with Crippen molar-refractivity contribution in [1.82, 2.24) is 4.98 Å². The first-order valence-corrected chi connectivity index (χ1v) is 4.94. The molecule has 0 aliphatic heterocycles. The van der Waals surface area contributed by atoms with E-state index in [1.165, 1.54) is 12.1 Å². The van der Waals surface area contributed by atoms with E-state index in [0.717, 1.165) is 14.3 Å². The molecule has 0 saturated heterocycles. The smallest absolute Gasteiger partial charge is 0.263 e. The van der Waals surface area contributed by atoms with Gasteiger partial charge < -0.3 is 0 Å². The highest BCUT2D eigenvalue weighted by atomic mass is 127. The van der Waals surface area contributed by atoms with Gasteiger partial charge in [-0.1, -0.05) is 0 Å². The molecule has 5 heteroatoms. The number of halogens is 1. The Balaban J connectivity index is 2.73. The van der Waals surface area contributed by atoms with Crippen molar-refractivity contribution in [3.8, 4) is 0 Å². The molecule has 0 N–H and O–H groups in total. The van der Waals surface area contributed by atoms with E-state index < -0.39 is 4.92 Å². The van der Waals surface area contributed by atoms with E-state index in [0.29, 0.717) is 0 Å². The van der Waals surface area contributed by atoms with Gasteiger partial charge in [0.25, 0.3) is 5.69 Å². The van der Waals surface area contributed by atoms with Gasteiger partial charge in [-0.15, -0.1) is 0 Å². The van der Waals surface area contributed by atoms with E-state index in [1.807, 2.05) is 0 Å². The molecule has 14 heavy (non-hydrogen) atoms. The van der Waals surface area contributed by atoms with Crippen LogP contribution in [0.1, 0.15) is 0 Å². The quantitative estimate of drug-likeness (QED) is 0.462. The van der Waals surface area contributed by atoms with Crippen LogP contribution >= 0.6 is 22.6 Å². The first-order valence-electron chi connectivity index (χ1n) is 3.86. The Morgan fingerprint density at radius 3 is 2.86 bits per heavy atom. The maximum absolute atomic E-state index is 10.5. The fourth-order valence-corrected chi connectivity index (χ4v) is 1.89. The van der Waals surface area contributed by atoms with Gasteiger partial charge in [0.1, 0.15) is 0 Å². The zero-order chi connectivity index (χ0) is 10.1. The van der Waals surface area contributed by atoms with Gasteiger partial charge in [0.15, 0.2) is 0 Å². The van der Waals surface area contributed by atoms with Crippen LogP contribution in [0, 0.1) is 13.7 Å². The Kier molecular flexibility index (Phi) is 2.32. The number of hydrogen-bond acceptors (Lipinski definition) is 3. The molecule has 1 heterocycles. The summed E-state index contributed by atoms with van der Waals surface area (Å²) in [6, 6.07) is 4.78. The number of nitro groups is 1. The Labute approximate surface area is 93.2 Å². The number of pyridine rings is 1. The van der Waals surface area contributed by atoms with Crippen molar-refractivity contribution >= 4 is 39.1 Å². The Bertz CT molecular complexity index is 513. The number of non-ortho nitro benzene ring substituents is 1. The topological polar surface area (TPSA) is 56.0 Å². The van der Waals surface area contributed by atoms with E-state index >= 15 is 0 Å². The summed E-state index contributed by atoms with van der Waals surface area (Å²) in [6.45, 7) is 0. The van der Waals surface area contributed by atoms with Crippen LogP contribution in [0.25, 0.3) is 10.8 Å². The van der Waals surface area contributed by atoms with E-state index in [1.54, 1.807) is 18.5 Å². The number of fused-ring (bicyclic) bond motifs is 1. The van der Waals surface area contributed by atoms with Gasteiger partial charge >= 0.3 is 0 Å². The SMILES string of the molecule is O=[N+]([O-])c1ccc2c(I)cncc2c1. The molecule has 0 aliphatic carbocycles. The lowest BCUT2D eigenvalue weighted by molar-refractivity contribution is -0.384. The second kappa shape index (κ2) is 3.49. The fourth-order valence-electron chi connectivity index (χ4n) is 1.24. The fraction of sp³-hybridized carbons (Fsp3) is 0. The van der Waals surface area contributed by atoms with Crippen molar-refractivity contribution in [2.24, 2.45) is 0 Å². The third-order valence-corrected chi connectivity index (χ3v) is 2.76. The van der Waals surface area contributed by atoms with Crippen molar-refractivity contribution in [2.45, 2.75) is 0 Å². The highest BCUT2D eigenvalue weighted by molar-refractivity contribution is 14.1. The number of aromatic nitrogens is 1. The van der Waals surface area contributed by atoms with Gasteiger partial charge in [0, 0.05) is 33.5 Å². The lowest BCUT2D eigenvalue weighted by atomic mass is 10.1. The molecule has 0 bridgehead atoms. The van der Waals surface area contributed by atoms with E-state index in [4.69, 9.17) is 0 Å². The number of nitrogens with zero attached hydrogens (tertiary/aromatic N) is 2. The van der Waals surface area contributed by atoms with Crippen molar-refractivity contribution in [2.75, 3.05) is 0 Å². The standard InChI is InChI=1S/C9H5IN2O2/c10-9-5-11-4-6-3-7(12(13)14)1-2-8(6)9/h1-5H.